The van der Waals surface area contributed by atoms with Gasteiger partial charge in [-0.3, -0.25) is 14.6 Å². The van der Waals surface area contributed by atoms with Crippen molar-refractivity contribution in [2.75, 3.05) is 20.1 Å². The maximum atomic E-state index is 11.9. The molecule has 0 atom stereocenters. The molecule has 5 N–H and O–H groups in total. The van der Waals surface area contributed by atoms with Crippen LogP contribution in [0.15, 0.2) is 53.5 Å². The van der Waals surface area contributed by atoms with Gasteiger partial charge in [0.25, 0.3) is 5.91 Å². The van der Waals surface area contributed by atoms with Gasteiger partial charge < -0.3 is 21.7 Å². The number of hydrogen-bond acceptors (Lipinski definition) is 3. The number of amides is 2. The minimum absolute atomic E-state index is 0. The molecule has 0 bridgehead atoms. The standard InChI is InChI=1S/C22H26ClN5O2.HI/c1-25-21(28-14-22(9-10-22)17-3-2-4-18(23)11-17)27-12-15-5-7-16(8-6-15)20(30)26-13-19(24)29;/h2-8,11H,9-10,12-14H2,1H3,(H2,24,29)(H,26,30)(H2,25,27,28);1H. The monoisotopic (exact) mass is 555 g/mol. The van der Waals surface area contributed by atoms with Gasteiger partial charge in [-0.1, -0.05) is 35.9 Å². The molecular formula is C22H27ClIN5O2. The fraction of sp³-hybridized carbons (Fsp3) is 0.318. The van der Waals surface area contributed by atoms with Crippen LogP contribution in [0, 0.1) is 0 Å². The average Bonchev–Trinajstić information content (AvgIpc) is 3.54. The topological polar surface area (TPSA) is 109 Å². The van der Waals surface area contributed by atoms with Crippen molar-refractivity contribution in [3.8, 4) is 0 Å². The summed E-state index contributed by atoms with van der Waals surface area (Å²) in [6.45, 7) is 1.17. The van der Waals surface area contributed by atoms with E-state index in [4.69, 9.17) is 17.3 Å². The van der Waals surface area contributed by atoms with E-state index in [-0.39, 0.29) is 41.8 Å². The highest BCUT2D eigenvalue weighted by Crippen LogP contribution is 2.48. The first-order valence-corrected chi connectivity index (χ1v) is 10.2. The zero-order valence-corrected chi connectivity index (χ0v) is 20.4. The third-order valence-corrected chi connectivity index (χ3v) is 5.44. The molecular weight excluding hydrogens is 529 g/mol. The van der Waals surface area contributed by atoms with Gasteiger partial charge in [0.2, 0.25) is 5.91 Å². The summed E-state index contributed by atoms with van der Waals surface area (Å²) in [7, 11) is 1.74. The highest BCUT2D eigenvalue weighted by Gasteiger charge is 2.44. The number of halogens is 2. The molecule has 0 heterocycles. The summed E-state index contributed by atoms with van der Waals surface area (Å²) in [6, 6.07) is 15.2. The van der Waals surface area contributed by atoms with Crippen molar-refractivity contribution in [2.24, 2.45) is 10.7 Å². The molecule has 0 radical (unpaired) electrons. The van der Waals surface area contributed by atoms with E-state index in [1.54, 1.807) is 19.2 Å². The third kappa shape index (κ3) is 7.10. The Morgan fingerprint density at radius 1 is 1.10 bits per heavy atom. The predicted molar refractivity (Wildman–Crippen MR) is 134 cm³/mol. The third-order valence-electron chi connectivity index (χ3n) is 5.21. The van der Waals surface area contributed by atoms with Gasteiger partial charge in [0.1, 0.15) is 0 Å². The molecule has 166 valence electrons. The van der Waals surface area contributed by atoms with E-state index in [9.17, 15) is 9.59 Å². The predicted octanol–water partition coefficient (Wildman–Crippen LogP) is 2.57. The molecule has 7 nitrogen and oxygen atoms in total. The second kappa shape index (κ2) is 11.3. The fourth-order valence-electron chi connectivity index (χ4n) is 3.24. The summed E-state index contributed by atoms with van der Waals surface area (Å²) < 4.78 is 0. The Kier molecular flexibility index (Phi) is 9.12. The van der Waals surface area contributed by atoms with E-state index in [0.29, 0.717) is 18.1 Å². The maximum absolute atomic E-state index is 11.9. The van der Waals surface area contributed by atoms with Crippen molar-refractivity contribution in [3.05, 3.63) is 70.2 Å². The van der Waals surface area contributed by atoms with Gasteiger partial charge in [-0.2, -0.15) is 0 Å². The number of carbonyl (C=O) groups is 2. The van der Waals surface area contributed by atoms with Gasteiger partial charge in [0.05, 0.1) is 6.54 Å². The molecule has 1 aliphatic rings. The summed E-state index contributed by atoms with van der Waals surface area (Å²) in [6.07, 6.45) is 2.24. The number of aliphatic imine (C=N–C) groups is 1. The summed E-state index contributed by atoms with van der Waals surface area (Å²) in [4.78, 5) is 27.0. The van der Waals surface area contributed by atoms with Crippen LogP contribution in [0.3, 0.4) is 0 Å². The van der Waals surface area contributed by atoms with Crippen LogP contribution < -0.4 is 21.7 Å². The van der Waals surface area contributed by atoms with Crippen molar-refractivity contribution in [2.45, 2.75) is 24.8 Å². The van der Waals surface area contributed by atoms with Crippen molar-refractivity contribution < 1.29 is 9.59 Å². The van der Waals surface area contributed by atoms with E-state index in [1.807, 2.05) is 30.3 Å². The minimum Gasteiger partial charge on any atom is -0.368 e. The second-order valence-corrected chi connectivity index (χ2v) is 7.85. The van der Waals surface area contributed by atoms with E-state index >= 15 is 0 Å². The number of primary amides is 1. The minimum atomic E-state index is -0.577. The van der Waals surface area contributed by atoms with Crippen LogP contribution in [-0.2, 0) is 16.8 Å². The Hall–Kier alpha value is -2.33. The normalized spacial score (nSPS) is 14.2. The first-order valence-electron chi connectivity index (χ1n) is 9.78. The molecule has 0 aromatic heterocycles. The maximum Gasteiger partial charge on any atom is 0.251 e. The van der Waals surface area contributed by atoms with Gasteiger partial charge in [-0.25, -0.2) is 0 Å². The molecule has 0 aliphatic heterocycles. The first kappa shape index (κ1) is 24.9. The van der Waals surface area contributed by atoms with Gasteiger partial charge in [-0.15, -0.1) is 24.0 Å². The quantitative estimate of drug-likeness (QED) is 0.228. The molecule has 2 aromatic rings. The number of nitrogens with one attached hydrogen (secondary N) is 3. The summed E-state index contributed by atoms with van der Waals surface area (Å²) in [5.74, 6) is -0.195. The van der Waals surface area contributed by atoms with Crippen molar-refractivity contribution in [3.63, 3.8) is 0 Å². The number of benzene rings is 2. The molecule has 0 spiro atoms. The Balaban J connectivity index is 0.00000341. The van der Waals surface area contributed by atoms with Crippen LogP contribution in [0.25, 0.3) is 0 Å². The van der Waals surface area contributed by atoms with E-state index in [2.05, 4.69) is 27.0 Å². The van der Waals surface area contributed by atoms with Gasteiger partial charge in [0.15, 0.2) is 5.96 Å². The Morgan fingerprint density at radius 3 is 2.39 bits per heavy atom. The number of nitrogens with zero attached hydrogens (tertiary/aromatic N) is 1. The lowest BCUT2D eigenvalue weighted by molar-refractivity contribution is -0.117. The zero-order valence-electron chi connectivity index (χ0n) is 17.3. The van der Waals surface area contributed by atoms with Crippen molar-refractivity contribution in [1.82, 2.24) is 16.0 Å². The fourth-order valence-corrected chi connectivity index (χ4v) is 3.43. The molecule has 2 amide bonds. The van der Waals surface area contributed by atoms with E-state index in [0.717, 1.165) is 30.0 Å². The summed E-state index contributed by atoms with van der Waals surface area (Å²) in [5.41, 5.74) is 7.87. The van der Waals surface area contributed by atoms with Crippen LogP contribution in [-0.4, -0.2) is 37.9 Å². The smallest absolute Gasteiger partial charge is 0.251 e. The largest absolute Gasteiger partial charge is 0.368 e. The Labute approximate surface area is 204 Å². The number of nitrogens with two attached hydrogens (primary N) is 1. The van der Waals surface area contributed by atoms with Crippen LogP contribution in [0.5, 0.6) is 0 Å². The molecule has 3 rings (SSSR count). The second-order valence-electron chi connectivity index (χ2n) is 7.42. The highest BCUT2D eigenvalue weighted by molar-refractivity contribution is 14.0. The van der Waals surface area contributed by atoms with Gasteiger partial charge in [-0.05, 0) is 48.2 Å². The zero-order chi connectivity index (χ0) is 21.6. The summed E-state index contributed by atoms with van der Waals surface area (Å²) in [5, 5.41) is 9.92. The van der Waals surface area contributed by atoms with E-state index < -0.39 is 5.91 Å². The lowest BCUT2D eigenvalue weighted by Crippen LogP contribution is -2.40. The summed E-state index contributed by atoms with van der Waals surface area (Å²) >= 11 is 6.15. The van der Waals surface area contributed by atoms with Gasteiger partial charge in [0, 0.05) is 36.1 Å². The van der Waals surface area contributed by atoms with Crippen LogP contribution in [0.4, 0.5) is 0 Å². The molecule has 0 saturated heterocycles. The van der Waals surface area contributed by atoms with Crippen LogP contribution in [0.2, 0.25) is 5.02 Å². The lowest BCUT2D eigenvalue weighted by atomic mass is 9.96. The molecule has 9 heteroatoms. The van der Waals surface area contributed by atoms with Crippen molar-refractivity contribution >= 4 is 53.4 Å². The molecule has 31 heavy (non-hydrogen) atoms. The van der Waals surface area contributed by atoms with Crippen LogP contribution in [0.1, 0.15) is 34.3 Å². The Morgan fingerprint density at radius 2 is 1.81 bits per heavy atom. The number of carbonyl (C=O) groups excluding carboxylic acids is 2. The number of guanidine groups is 1. The molecule has 2 aromatic carbocycles. The van der Waals surface area contributed by atoms with Crippen molar-refractivity contribution in [1.29, 1.82) is 0 Å². The Bertz CT molecular complexity index is 945. The lowest BCUT2D eigenvalue weighted by Gasteiger charge is -2.19. The highest BCUT2D eigenvalue weighted by atomic mass is 127. The molecule has 1 saturated carbocycles. The number of rotatable bonds is 8. The molecule has 1 aliphatic carbocycles. The SMILES string of the molecule is CN=C(NCc1ccc(C(=O)NCC(N)=O)cc1)NCC1(c2cccc(Cl)c2)CC1.I. The first-order chi connectivity index (χ1) is 14.4. The molecule has 1 fully saturated rings. The number of hydrogen-bond donors (Lipinski definition) is 4. The average molecular weight is 556 g/mol. The van der Waals surface area contributed by atoms with E-state index in [1.165, 1.54) is 5.56 Å². The van der Waals surface area contributed by atoms with Gasteiger partial charge >= 0.3 is 0 Å². The van der Waals surface area contributed by atoms with Crippen LogP contribution >= 0.6 is 35.6 Å². The molecule has 0 unspecified atom stereocenters.